The van der Waals surface area contributed by atoms with Crippen LogP contribution in [-0.4, -0.2) is 36.9 Å². The van der Waals surface area contributed by atoms with Crippen LogP contribution < -0.4 is 10.1 Å². The molecule has 5 nitrogen and oxygen atoms in total. The van der Waals surface area contributed by atoms with Crippen molar-refractivity contribution in [2.24, 2.45) is 0 Å². The molecule has 1 rings (SSSR count). The lowest BCUT2D eigenvalue weighted by molar-refractivity contribution is -0.139. The summed E-state index contributed by atoms with van der Waals surface area (Å²) in [7, 11) is 0. The highest BCUT2D eigenvalue weighted by atomic mass is 16.5. The maximum Gasteiger partial charge on any atom is 0.325 e. The Bertz CT molecular complexity index is 417. The molecular weight excluding hydrogens is 270 g/mol. The third kappa shape index (κ3) is 6.60. The number of nitrogens with one attached hydrogen (secondary N) is 1. The van der Waals surface area contributed by atoms with Gasteiger partial charge in [0.1, 0.15) is 11.8 Å². The summed E-state index contributed by atoms with van der Waals surface area (Å²) < 4.78 is 10.8. The van der Waals surface area contributed by atoms with Crippen LogP contribution in [0.25, 0.3) is 0 Å². The average Bonchev–Trinajstić information content (AvgIpc) is 2.43. The fraction of sp³-hybridized carbons (Fsp3) is 0.562. The first-order valence-corrected chi connectivity index (χ1v) is 7.35. The quantitative estimate of drug-likeness (QED) is 0.649. The van der Waals surface area contributed by atoms with E-state index in [9.17, 15) is 9.90 Å². The normalized spacial score (nSPS) is 12.4. The molecule has 0 aliphatic rings. The largest absolute Gasteiger partial charge is 0.494 e. The molecule has 21 heavy (non-hydrogen) atoms. The van der Waals surface area contributed by atoms with Crippen molar-refractivity contribution in [3.63, 3.8) is 0 Å². The third-order valence-corrected chi connectivity index (χ3v) is 2.89. The van der Waals surface area contributed by atoms with Crippen molar-refractivity contribution >= 4 is 5.97 Å². The topological polar surface area (TPSA) is 67.8 Å². The predicted molar refractivity (Wildman–Crippen MR) is 81.7 cm³/mol. The maximum absolute atomic E-state index is 11.4. The van der Waals surface area contributed by atoms with E-state index in [1.165, 1.54) is 0 Å². The third-order valence-electron chi connectivity index (χ3n) is 2.89. The van der Waals surface area contributed by atoms with E-state index in [1.807, 2.05) is 20.8 Å². The summed E-state index contributed by atoms with van der Waals surface area (Å²) in [5.74, 6) is -0.139. The van der Waals surface area contributed by atoms with Gasteiger partial charge in [-0.15, -0.1) is 0 Å². The molecule has 0 radical (unpaired) electrons. The Hall–Kier alpha value is -1.59. The highest BCUT2D eigenvalue weighted by Gasteiger charge is 2.18. The lowest BCUT2D eigenvalue weighted by Gasteiger charge is -2.16. The first-order valence-electron chi connectivity index (χ1n) is 7.35. The summed E-state index contributed by atoms with van der Waals surface area (Å²) in [4.78, 5) is 11.4. The Labute approximate surface area is 126 Å². The van der Waals surface area contributed by atoms with E-state index in [1.54, 1.807) is 24.3 Å². The predicted octanol–water partition coefficient (Wildman–Crippen LogP) is 2.62. The SMILES string of the molecule is CCOc1ccc(C(NCCCOC(C)C)C(=O)O)cc1. The Morgan fingerprint density at radius 3 is 2.48 bits per heavy atom. The molecule has 118 valence electrons. The van der Waals surface area contributed by atoms with Gasteiger partial charge >= 0.3 is 5.97 Å². The summed E-state index contributed by atoms with van der Waals surface area (Å²) in [5, 5.41) is 12.4. The molecule has 2 N–H and O–H groups in total. The summed E-state index contributed by atoms with van der Waals surface area (Å²) >= 11 is 0. The van der Waals surface area contributed by atoms with Crippen LogP contribution in [0.5, 0.6) is 5.75 Å². The second-order valence-corrected chi connectivity index (χ2v) is 5.00. The van der Waals surface area contributed by atoms with Crippen molar-refractivity contribution in [1.29, 1.82) is 0 Å². The average molecular weight is 295 g/mol. The molecule has 0 bridgehead atoms. The minimum absolute atomic E-state index is 0.200. The van der Waals surface area contributed by atoms with Gasteiger partial charge in [-0.05, 0) is 51.4 Å². The van der Waals surface area contributed by atoms with Gasteiger partial charge in [-0.2, -0.15) is 0 Å². The highest BCUT2D eigenvalue weighted by Crippen LogP contribution is 2.18. The lowest BCUT2D eigenvalue weighted by atomic mass is 10.1. The second-order valence-electron chi connectivity index (χ2n) is 5.00. The van der Waals surface area contributed by atoms with Gasteiger partial charge in [-0.1, -0.05) is 12.1 Å². The van der Waals surface area contributed by atoms with E-state index in [4.69, 9.17) is 9.47 Å². The fourth-order valence-electron chi connectivity index (χ4n) is 1.91. The Morgan fingerprint density at radius 1 is 1.29 bits per heavy atom. The molecule has 0 saturated carbocycles. The van der Waals surface area contributed by atoms with E-state index in [0.717, 1.165) is 17.7 Å². The van der Waals surface area contributed by atoms with Crippen molar-refractivity contribution < 1.29 is 19.4 Å². The van der Waals surface area contributed by atoms with E-state index in [0.29, 0.717) is 19.8 Å². The standard InChI is InChI=1S/C16H25NO4/c1-4-20-14-8-6-13(7-9-14)15(16(18)19)17-10-5-11-21-12(2)3/h6-9,12,15,17H,4-5,10-11H2,1-3H3,(H,18,19). The van der Waals surface area contributed by atoms with Crippen LogP contribution in [0.3, 0.4) is 0 Å². The number of benzene rings is 1. The number of carboxylic acid groups (broad SMARTS) is 1. The van der Waals surface area contributed by atoms with Gasteiger partial charge in [0.05, 0.1) is 12.7 Å². The second kappa shape index (κ2) is 9.37. The molecule has 5 heteroatoms. The zero-order valence-corrected chi connectivity index (χ0v) is 13.0. The van der Waals surface area contributed by atoms with Crippen LogP contribution in [0.1, 0.15) is 38.8 Å². The smallest absolute Gasteiger partial charge is 0.325 e. The van der Waals surface area contributed by atoms with Gasteiger partial charge in [0.15, 0.2) is 0 Å². The first kappa shape index (κ1) is 17.5. The Balaban J connectivity index is 2.50. The summed E-state index contributed by atoms with van der Waals surface area (Å²) in [6.07, 6.45) is 0.977. The minimum Gasteiger partial charge on any atom is -0.494 e. The molecule has 0 aromatic heterocycles. The first-order chi connectivity index (χ1) is 10.0. The van der Waals surface area contributed by atoms with E-state index in [2.05, 4.69) is 5.32 Å². The van der Waals surface area contributed by atoms with E-state index in [-0.39, 0.29) is 6.10 Å². The van der Waals surface area contributed by atoms with Crippen molar-refractivity contribution in [2.75, 3.05) is 19.8 Å². The molecule has 0 amide bonds. The molecule has 1 aromatic rings. The number of hydrogen-bond donors (Lipinski definition) is 2. The minimum atomic E-state index is -0.885. The van der Waals surface area contributed by atoms with Crippen LogP contribution in [-0.2, 0) is 9.53 Å². The van der Waals surface area contributed by atoms with E-state index >= 15 is 0 Å². The zero-order chi connectivity index (χ0) is 15.7. The van der Waals surface area contributed by atoms with Gasteiger partial charge < -0.3 is 19.9 Å². The number of carboxylic acids is 1. The van der Waals surface area contributed by atoms with Gasteiger partial charge in [0, 0.05) is 6.61 Å². The van der Waals surface area contributed by atoms with E-state index < -0.39 is 12.0 Å². The van der Waals surface area contributed by atoms with Crippen molar-refractivity contribution in [3.8, 4) is 5.75 Å². The maximum atomic E-state index is 11.4. The molecule has 0 fully saturated rings. The monoisotopic (exact) mass is 295 g/mol. The molecular formula is C16H25NO4. The zero-order valence-electron chi connectivity index (χ0n) is 13.0. The number of carbonyl (C=O) groups is 1. The van der Waals surface area contributed by atoms with Crippen LogP contribution in [0.2, 0.25) is 0 Å². The molecule has 1 aromatic carbocycles. The molecule has 0 heterocycles. The highest BCUT2D eigenvalue weighted by molar-refractivity contribution is 5.75. The molecule has 0 aliphatic carbocycles. The number of hydrogen-bond acceptors (Lipinski definition) is 4. The molecule has 1 unspecified atom stereocenters. The van der Waals surface area contributed by atoms with Crippen molar-refractivity contribution in [2.45, 2.75) is 39.3 Å². The Morgan fingerprint density at radius 2 is 1.95 bits per heavy atom. The fourth-order valence-corrected chi connectivity index (χ4v) is 1.91. The number of ether oxygens (including phenoxy) is 2. The molecule has 1 atom stereocenters. The molecule has 0 saturated heterocycles. The van der Waals surface area contributed by atoms with Gasteiger partial charge in [-0.25, -0.2) is 0 Å². The van der Waals surface area contributed by atoms with Crippen LogP contribution in [0.15, 0.2) is 24.3 Å². The van der Waals surface area contributed by atoms with Crippen molar-refractivity contribution in [3.05, 3.63) is 29.8 Å². The van der Waals surface area contributed by atoms with Crippen LogP contribution >= 0.6 is 0 Å². The lowest BCUT2D eigenvalue weighted by Crippen LogP contribution is -2.30. The van der Waals surface area contributed by atoms with Gasteiger partial charge in [0.25, 0.3) is 0 Å². The molecule has 0 aliphatic heterocycles. The summed E-state index contributed by atoms with van der Waals surface area (Å²) in [6.45, 7) is 7.68. The summed E-state index contributed by atoms with van der Waals surface area (Å²) in [5.41, 5.74) is 0.718. The number of aliphatic carboxylic acids is 1. The summed E-state index contributed by atoms with van der Waals surface area (Å²) in [6, 6.07) is 6.43. The van der Waals surface area contributed by atoms with Crippen LogP contribution in [0.4, 0.5) is 0 Å². The number of rotatable bonds is 10. The van der Waals surface area contributed by atoms with Crippen LogP contribution in [0, 0.1) is 0 Å². The van der Waals surface area contributed by atoms with Gasteiger partial charge in [0.2, 0.25) is 0 Å². The Kier molecular flexibility index (Phi) is 7.79. The van der Waals surface area contributed by atoms with Gasteiger partial charge in [-0.3, -0.25) is 4.79 Å². The molecule has 0 spiro atoms. The van der Waals surface area contributed by atoms with Crippen molar-refractivity contribution in [1.82, 2.24) is 5.32 Å².